The molecule has 0 spiro atoms. The summed E-state index contributed by atoms with van der Waals surface area (Å²) in [4.78, 5) is 47.6. The molecule has 5 N–H and O–H groups in total. The van der Waals surface area contributed by atoms with Crippen LogP contribution in [0.25, 0.3) is 0 Å². The number of likely N-dealkylation sites (tertiary alicyclic amines) is 1. The van der Waals surface area contributed by atoms with Crippen molar-refractivity contribution < 1.29 is 24.3 Å². The van der Waals surface area contributed by atoms with Gasteiger partial charge in [-0.2, -0.15) is 0 Å². The second kappa shape index (κ2) is 7.74. The monoisotopic (exact) mass is 314 g/mol. The zero-order chi connectivity index (χ0) is 16.9. The fraction of sp³-hybridized carbons (Fsp3) is 0.692. The number of nitrogens with two attached hydrogens (primary N) is 1. The van der Waals surface area contributed by atoms with Crippen LogP contribution in [0, 0.1) is 0 Å². The van der Waals surface area contributed by atoms with Crippen LogP contribution in [0.3, 0.4) is 0 Å². The minimum Gasteiger partial charge on any atom is -0.480 e. The van der Waals surface area contributed by atoms with E-state index in [-0.39, 0.29) is 5.91 Å². The highest BCUT2D eigenvalue weighted by molar-refractivity contribution is 5.93. The fourth-order valence-corrected chi connectivity index (χ4v) is 2.24. The molecule has 1 saturated heterocycles. The van der Waals surface area contributed by atoms with E-state index < -0.39 is 42.5 Å². The number of carboxylic acids is 1. The average molecular weight is 314 g/mol. The molecule has 0 aromatic carbocycles. The topological polar surface area (TPSA) is 142 Å². The number of rotatable bonds is 6. The van der Waals surface area contributed by atoms with Crippen LogP contribution in [0.5, 0.6) is 0 Å². The summed E-state index contributed by atoms with van der Waals surface area (Å²) in [5, 5.41) is 13.3. The lowest BCUT2D eigenvalue weighted by molar-refractivity contribution is -0.142. The van der Waals surface area contributed by atoms with Crippen LogP contribution >= 0.6 is 0 Å². The SMILES string of the molecule is C[C@H](N)C(=O)N[C@@H](C)C(=O)N1CCC[C@H]1C(=O)NCC(=O)O. The zero-order valence-electron chi connectivity index (χ0n) is 12.7. The van der Waals surface area contributed by atoms with Gasteiger partial charge in [-0.25, -0.2) is 0 Å². The van der Waals surface area contributed by atoms with Crippen LogP contribution in [0.1, 0.15) is 26.7 Å². The molecule has 1 rings (SSSR count). The maximum atomic E-state index is 12.3. The summed E-state index contributed by atoms with van der Waals surface area (Å²) in [5.41, 5.74) is 5.42. The van der Waals surface area contributed by atoms with Crippen molar-refractivity contribution in [1.29, 1.82) is 0 Å². The molecule has 22 heavy (non-hydrogen) atoms. The Morgan fingerprint density at radius 3 is 2.50 bits per heavy atom. The van der Waals surface area contributed by atoms with Crippen molar-refractivity contribution in [2.75, 3.05) is 13.1 Å². The van der Waals surface area contributed by atoms with Crippen molar-refractivity contribution >= 4 is 23.7 Å². The van der Waals surface area contributed by atoms with Crippen molar-refractivity contribution in [1.82, 2.24) is 15.5 Å². The number of carbonyl (C=O) groups excluding carboxylic acids is 3. The Labute approximate surface area is 128 Å². The quantitative estimate of drug-likeness (QED) is 0.448. The molecule has 0 unspecified atom stereocenters. The standard InChI is InChI=1S/C13H22N4O5/c1-7(14)11(20)16-8(2)13(22)17-5-3-4-9(17)12(21)15-6-10(18)19/h7-9H,3-6,14H2,1-2H3,(H,15,21)(H,16,20)(H,18,19)/t7-,8-,9-/m0/s1. The summed E-state index contributed by atoms with van der Waals surface area (Å²) in [5.74, 6) is -2.49. The molecule has 0 aromatic heterocycles. The van der Waals surface area contributed by atoms with Gasteiger partial charge in [-0.3, -0.25) is 19.2 Å². The predicted molar refractivity (Wildman–Crippen MR) is 76.6 cm³/mol. The second-order valence-electron chi connectivity index (χ2n) is 5.32. The number of carboxylic acid groups (broad SMARTS) is 1. The van der Waals surface area contributed by atoms with Gasteiger partial charge in [0.25, 0.3) is 0 Å². The van der Waals surface area contributed by atoms with E-state index in [9.17, 15) is 19.2 Å². The molecule has 1 fully saturated rings. The third-order valence-electron chi connectivity index (χ3n) is 3.40. The summed E-state index contributed by atoms with van der Waals surface area (Å²) in [6, 6.07) is -2.24. The Morgan fingerprint density at radius 2 is 1.95 bits per heavy atom. The van der Waals surface area contributed by atoms with Gasteiger partial charge >= 0.3 is 5.97 Å². The minimum absolute atomic E-state index is 0.387. The van der Waals surface area contributed by atoms with Gasteiger partial charge in [0.2, 0.25) is 17.7 Å². The van der Waals surface area contributed by atoms with E-state index in [2.05, 4.69) is 10.6 Å². The van der Waals surface area contributed by atoms with Crippen molar-refractivity contribution in [3.8, 4) is 0 Å². The Kier molecular flexibility index (Phi) is 6.29. The van der Waals surface area contributed by atoms with E-state index in [4.69, 9.17) is 10.8 Å². The molecule has 9 heteroatoms. The van der Waals surface area contributed by atoms with Gasteiger partial charge in [0.15, 0.2) is 0 Å². The number of carbonyl (C=O) groups is 4. The average Bonchev–Trinajstić information content (AvgIpc) is 2.92. The van der Waals surface area contributed by atoms with Crippen LogP contribution < -0.4 is 16.4 Å². The van der Waals surface area contributed by atoms with E-state index in [1.54, 1.807) is 0 Å². The second-order valence-corrected chi connectivity index (χ2v) is 5.32. The number of amides is 3. The van der Waals surface area contributed by atoms with Gasteiger partial charge in [-0.15, -0.1) is 0 Å². The molecule has 0 radical (unpaired) electrons. The zero-order valence-corrected chi connectivity index (χ0v) is 12.7. The Balaban J connectivity index is 2.64. The number of aliphatic carboxylic acids is 1. The Morgan fingerprint density at radius 1 is 1.32 bits per heavy atom. The van der Waals surface area contributed by atoms with Gasteiger partial charge in [0, 0.05) is 6.54 Å². The summed E-state index contributed by atoms with van der Waals surface area (Å²) in [7, 11) is 0. The van der Waals surface area contributed by atoms with Gasteiger partial charge in [-0.1, -0.05) is 0 Å². The molecule has 1 aliphatic heterocycles. The summed E-state index contributed by atoms with van der Waals surface area (Å²) in [6.45, 7) is 2.93. The summed E-state index contributed by atoms with van der Waals surface area (Å²) in [6.07, 6.45) is 1.11. The Hall–Kier alpha value is -2.16. The van der Waals surface area contributed by atoms with Crippen LogP contribution in [0.15, 0.2) is 0 Å². The fourth-order valence-electron chi connectivity index (χ4n) is 2.24. The van der Waals surface area contributed by atoms with E-state index in [0.29, 0.717) is 19.4 Å². The molecule has 124 valence electrons. The maximum Gasteiger partial charge on any atom is 0.322 e. The molecule has 0 aromatic rings. The van der Waals surface area contributed by atoms with Crippen LogP contribution in [0.2, 0.25) is 0 Å². The van der Waals surface area contributed by atoms with Crippen LogP contribution in [0.4, 0.5) is 0 Å². The molecular formula is C13H22N4O5. The number of hydrogen-bond donors (Lipinski definition) is 4. The minimum atomic E-state index is -1.15. The van der Waals surface area contributed by atoms with E-state index in [1.807, 2.05) is 0 Å². The van der Waals surface area contributed by atoms with E-state index >= 15 is 0 Å². The first-order valence-corrected chi connectivity index (χ1v) is 7.10. The highest BCUT2D eigenvalue weighted by atomic mass is 16.4. The third-order valence-corrected chi connectivity index (χ3v) is 3.40. The lowest BCUT2D eigenvalue weighted by Crippen LogP contribution is -2.54. The normalized spacial score (nSPS) is 20.1. The van der Waals surface area contributed by atoms with Crippen molar-refractivity contribution in [2.24, 2.45) is 5.73 Å². The van der Waals surface area contributed by atoms with E-state index in [0.717, 1.165) is 0 Å². The first-order chi connectivity index (χ1) is 10.2. The highest BCUT2D eigenvalue weighted by Crippen LogP contribution is 2.18. The van der Waals surface area contributed by atoms with Crippen LogP contribution in [-0.4, -0.2) is 64.9 Å². The maximum absolute atomic E-state index is 12.3. The van der Waals surface area contributed by atoms with Gasteiger partial charge in [0.05, 0.1) is 6.04 Å². The largest absolute Gasteiger partial charge is 0.480 e. The number of hydrogen-bond acceptors (Lipinski definition) is 5. The lowest BCUT2D eigenvalue weighted by atomic mass is 10.2. The molecule has 1 aliphatic rings. The molecule has 9 nitrogen and oxygen atoms in total. The van der Waals surface area contributed by atoms with Gasteiger partial charge in [0.1, 0.15) is 18.6 Å². The van der Waals surface area contributed by atoms with Crippen molar-refractivity contribution in [3.05, 3.63) is 0 Å². The molecule has 3 atom stereocenters. The smallest absolute Gasteiger partial charge is 0.322 e. The molecule has 0 saturated carbocycles. The van der Waals surface area contributed by atoms with Crippen molar-refractivity contribution in [3.63, 3.8) is 0 Å². The van der Waals surface area contributed by atoms with Gasteiger partial charge in [-0.05, 0) is 26.7 Å². The third kappa shape index (κ3) is 4.69. The highest BCUT2D eigenvalue weighted by Gasteiger charge is 2.36. The van der Waals surface area contributed by atoms with Crippen LogP contribution in [-0.2, 0) is 19.2 Å². The lowest BCUT2D eigenvalue weighted by Gasteiger charge is -2.27. The summed E-state index contributed by atoms with van der Waals surface area (Å²) >= 11 is 0. The first-order valence-electron chi connectivity index (χ1n) is 7.10. The Bertz CT molecular complexity index is 465. The molecular weight excluding hydrogens is 292 g/mol. The number of nitrogens with one attached hydrogen (secondary N) is 2. The van der Waals surface area contributed by atoms with Gasteiger partial charge < -0.3 is 26.4 Å². The molecule has 1 heterocycles. The van der Waals surface area contributed by atoms with Crippen molar-refractivity contribution in [2.45, 2.75) is 44.8 Å². The predicted octanol–water partition coefficient (Wildman–Crippen LogP) is -1.97. The first kappa shape index (κ1) is 17.9. The molecule has 0 bridgehead atoms. The summed E-state index contributed by atoms with van der Waals surface area (Å²) < 4.78 is 0. The molecule has 0 aliphatic carbocycles. The molecule has 3 amide bonds. The van der Waals surface area contributed by atoms with E-state index in [1.165, 1.54) is 18.7 Å². The number of nitrogens with zero attached hydrogens (tertiary/aromatic N) is 1.